The number of aromatic nitrogens is 1. The molecule has 0 spiro atoms. The van der Waals surface area contributed by atoms with E-state index in [1.54, 1.807) is 22.4 Å². The van der Waals surface area contributed by atoms with Gasteiger partial charge in [-0.3, -0.25) is 4.79 Å². The van der Waals surface area contributed by atoms with Crippen molar-refractivity contribution in [2.45, 2.75) is 26.0 Å². The van der Waals surface area contributed by atoms with Crippen molar-refractivity contribution >= 4 is 35.3 Å². The Hall–Kier alpha value is -1.77. The number of anilines is 1. The number of thiazole rings is 1. The first-order chi connectivity index (χ1) is 11.1. The van der Waals surface area contributed by atoms with Crippen LogP contribution in [0.2, 0.25) is 0 Å². The highest BCUT2D eigenvalue weighted by atomic mass is 35.5. The molecule has 0 atom stereocenters. The molecule has 130 valence electrons. The molecule has 1 aromatic carbocycles. The Morgan fingerprint density at radius 2 is 2.25 bits per heavy atom. The van der Waals surface area contributed by atoms with E-state index in [0.29, 0.717) is 35.9 Å². The molecule has 1 aliphatic heterocycles. The van der Waals surface area contributed by atoms with Crippen LogP contribution in [-0.4, -0.2) is 24.0 Å². The standard InChI is InChI=1S/C15H15F2N3O2S.ClH/c16-15(17)22-10-3-4-12-9(6-10)2-1-5-20(12)14(21)11-8-23-13(7-18)19-11;/h3-4,6,8,15H,1-2,5,7,18H2;1H. The lowest BCUT2D eigenvalue weighted by atomic mass is 10.0. The highest BCUT2D eigenvalue weighted by molar-refractivity contribution is 7.09. The average molecular weight is 376 g/mol. The summed E-state index contributed by atoms with van der Waals surface area (Å²) in [6.45, 7) is -2.00. The van der Waals surface area contributed by atoms with Crippen LogP contribution in [0.25, 0.3) is 0 Å². The van der Waals surface area contributed by atoms with Gasteiger partial charge in [-0.15, -0.1) is 23.7 Å². The maximum absolute atomic E-state index is 12.6. The number of hydrogen-bond acceptors (Lipinski definition) is 5. The third kappa shape index (κ3) is 3.82. The van der Waals surface area contributed by atoms with Gasteiger partial charge in [-0.2, -0.15) is 8.78 Å². The minimum Gasteiger partial charge on any atom is -0.435 e. The molecule has 0 aliphatic carbocycles. The molecule has 3 rings (SSSR count). The van der Waals surface area contributed by atoms with Gasteiger partial charge in [0, 0.05) is 24.2 Å². The monoisotopic (exact) mass is 375 g/mol. The summed E-state index contributed by atoms with van der Waals surface area (Å²) in [4.78, 5) is 18.5. The molecule has 5 nitrogen and oxygen atoms in total. The number of amides is 1. The van der Waals surface area contributed by atoms with Crippen molar-refractivity contribution in [1.82, 2.24) is 4.98 Å². The summed E-state index contributed by atoms with van der Waals surface area (Å²) in [7, 11) is 0. The Kier molecular flexibility index (Phi) is 6.09. The van der Waals surface area contributed by atoms with E-state index in [0.717, 1.165) is 12.0 Å². The number of carbonyl (C=O) groups excluding carboxylic acids is 1. The van der Waals surface area contributed by atoms with Crippen molar-refractivity contribution in [1.29, 1.82) is 0 Å². The number of rotatable bonds is 4. The van der Waals surface area contributed by atoms with E-state index in [9.17, 15) is 13.6 Å². The first-order valence-electron chi connectivity index (χ1n) is 7.12. The van der Waals surface area contributed by atoms with Crippen molar-refractivity contribution in [2.75, 3.05) is 11.4 Å². The van der Waals surface area contributed by atoms with Crippen LogP contribution < -0.4 is 15.4 Å². The normalized spacial score (nSPS) is 13.4. The van der Waals surface area contributed by atoms with Crippen molar-refractivity contribution in [3.8, 4) is 5.75 Å². The number of aryl methyl sites for hydroxylation is 1. The van der Waals surface area contributed by atoms with Crippen molar-refractivity contribution in [3.63, 3.8) is 0 Å². The summed E-state index contributed by atoms with van der Waals surface area (Å²) in [5.74, 6) is -0.100. The predicted molar refractivity (Wildman–Crippen MR) is 90.3 cm³/mol. The molecule has 0 fully saturated rings. The third-order valence-electron chi connectivity index (χ3n) is 3.59. The van der Waals surface area contributed by atoms with Crippen molar-refractivity contribution in [3.05, 3.63) is 39.8 Å². The molecule has 9 heteroatoms. The smallest absolute Gasteiger partial charge is 0.387 e. The Morgan fingerprint density at radius 3 is 2.92 bits per heavy atom. The number of ether oxygens (including phenoxy) is 1. The zero-order valence-electron chi connectivity index (χ0n) is 12.6. The zero-order valence-corrected chi connectivity index (χ0v) is 14.2. The molecule has 2 heterocycles. The van der Waals surface area contributed by atoms with Gasteiger partial charge >= 0.3 is 6.61 Å². The van der Waals surface area contributed by atoms with Crippen molar-refractivity contribution in [2.24, 2.45) is 5.73 Å². The second kappa shape index (κ2) is 7.87. The largest absolute Gasteiger partial charge is 0.435 e. The van der Waals surface area contributed by atoms with E-state index in [1.165, 1.54) is 17.4 Å². The van der Waals surface area contributed by atoms with Crippen LogP contribution in [0.1, 0.15) is 27.5 Å². The number of alkyl halides is 2. The lowest BCUT2D eigenvalue weighted by molar-refractivity contribution is -0.0498. The highest BCUT2D eigenvalue weighted by Gasteiger charge is 2.25. The van der Waals surface area contributed by atoms with E-state index < -0.39 is 6.61 Å². The number of halogens is 3. The van der Waals surface area contributed by atoms with Crippen molar-refractivity contribution < 1.29 is 18.3 Å². The second-order valence-electron chi connectivity index (χ2n) is 5.06. The molecule has 24 heavy (non-hydrogen) atoms. The first-order valence-corrected chi connectivity index (χ1v) is 8.00. The fourth-order valence-electron chi connectivity index (χ4n) is 2.60. The van der Waals surface area contributed by atoms with Gasteiger partial charge in [0.1, 0.15) is 16.5 Å². The van der Waals surface area contributed by atoms with Gasteiger partial charge in [0.15, 0.2) is 0 Å². The van der Waals surface area contributed by atoms with E-state index in [-0.39, 0.29) is 24.1 Å². The average Bonchev–Trinajstić information content (AvgIpc) is 3.02. The molecule has 0 bridgehead atoms. The van der Waals surface area contributed by atoms with Gasteiger partial charge in [-0.1, -0.05) is 0 Å². The summed E-state index contributed by atoms with van der Waals surface area (Å²) in [5.41, 5.74) is 7.41. The summed E-state index contributed by atoms with van der Waals surface area (Å²) in [5, 5.41) is 2.39. The van der Waals surface area contributed by atoms with E-state index >= 15 is 0 Å². The van der Waals surface area contributed by atoms with Crippen LogP contribution in [0, 0.1) is 0 Å². The molecule has 2 aromatic rings. The molecule has 0 radical (unpaired) electrons. The number of nitrogens with zero attached hydrogens (tertiary/aromatic N) is 2. The minimum absolute atomic E-state index is 0. The second-order valence-corrected chi connectivity index (χ2v) is 6.00. The van der Waals surface area contributed by atoms with Crippen LogP contribution in [-0.2, 0) is 13.0 Å². The van der Waals surface area contributed by atoms with E-state index in [4.69, 9.17) is 5.73 Å². The number of nitrogens with two attached hydrogens (primary N) is 1. The molecule has 1 aliphatic rings. The van der Waals surface area contributed by atoms with Gasteiger partial charge in [-0.25, -0.2) is 4.98 Å². The fraction of sp³-hybridized carbons (Fsp3) is 0.333. The molecule has 2 N–H and O–H groups in total. The molecule has 0 unspecified atom stereocenters. The molecule has 1 amide bonds. The topological polar surface area (TPSA) is 68.5 Å². The van der Waals surface area contributed by atoms with Crippen LogP contribution in [0.5, 0.6) is 5.75 Å². The van der Waals surface area contributed by atoms with Crippen LogP contribution >= 0.6 is 23.7 Å². The Morgan fingerprint density at radius 1 is 1.46 bits per heavy atom. The van der Waals surface area contributed by atoms with Crippen LogP contribution in [0.15, 0.2) is 23.6 Å². The van der Waals surface area contributed by atoms with Gasteiger partial charge in [-0.05, 0) is 36.6 Å². The lowest BCUT2D eigenvalue weighted by Gasteiger charge is -2.29. The number of fused-ring (bicyclic) bond motifs is 1. The first kappa shape index (κ1) is 18.6. The van der Waals surface area contributed by atoms with Gasteiger partial charge < -0.3 is 15.4 Å². The summed E-state index contributed by atoms with van der Waals surface area (Å²) in [6.07, 6.45) is 1.47. The highest BCUT2D eigenvalue weighted by Crippen LogP contribution is 2.32. The zero-order chi connectivity index (χ0) is 16.4. The van der Waals surface area contributed by atoms with Gasteiger partial charge in [0.05, 0.1) is 0 Å². The Bertz CT molecular complexity index is 726. The lowest BCUT2D eigenvalue weighted by Crippen LogP contribution is -2.35. The summed E-state index contributed by atoms with van der Waals surface area (Å²) < 4.78 is 29.0. The molecular weight excluding hydrogens is 360 g/mol. The number of carbonyl (C=O) groups is 1. The maximum atomic E-state index is 12.6. The van der Waals surface area contributed by atoms with Crippen LogP contribution in [0.4, 0.5) is 14.5 Å². The minimum atomic E-state index is -2.86. The SMILES string of the molecule is Cl.NCc1nc(C(=O)N2CCCc3cc(OC(F)F)ccc32)cs1. The quantitative estimate of drug-likeness (QED) is 0.890. The fourth-order valence-corrected chi connectivity index (χ4v) is 3.25. The third-order valence-corrected chi connectivity index (χ3v) is 4.46. The summed E-state index contributed by atoms with van der Waals surface area (Å²) in [6, 6.07) is 4.65. The number of benzene rings is 1. The van der Waals surface area contributed by atoms with Crippen LogP contribution in [0.3, 0.4) is 0 Å². The van der Waals surface area contributed by atoms with E-state index in [1.807, 2.05) is 0 Å². The predicted octanol–water partition coefficient (Wildman–Crippen LogP) is 3.22. The molecule has 0 saturated heterocycles. The van der Waals surface area contributed by atoms with Gasteiger partial charge in [0.2, 0.25) is 0 Å². The molecule has 1 aromatic heterocycles. The molecule has 0 saturated carbocycles. The summed E-state index contributed by atoms with van der Waals surface area (Å²) >= 11 is 1.35. The Labute approximate surface area is 147 Å². The molecular formula is C15H16ClF2N3O2S. The maximum Gasteiger partial charge on any atom is 0.387 e. The number of hydrogen-bond donors (Lipinski definition) is 1. The Balaban J connectivity index is 0.00000208. The van der Waals surface area contributed by atoms with Gasteiger partial charge in [0.25, 0.3) is 5.91 Å². The van der Waals surface area contributed by atoms with E-state index in [2.05, 4.69) is 9.72 Å².